The van der Waals surface area contributed by atoms with Gasteiger partial charge in [-0.05, 0) is 56.2 Å². The van der Waals surface area contributed by atoms with E-state index in [4.69, 9.17) is 0 Å². The predicted molar refractivity (Wildman–Crippen MR) is 133 cm³/mol. The third kappa shape index (κ3) is 3.77. The lowest BCUT2D eigenvalue weighted by Crippen LogP contribution is -2.16. The fraction of sp³-hybridized carbons (Fsp3) is 0.192. The summed E-state index contributed by atoms with van der Waals surface area (Å²) in [6, 6.07) is 16.9. The largest absolute Gasteiger partial charge is 0.338 e. The zero-order valence-electron chi connectivity index (χ0n) is 17.7. The van der Waals surface area contributed by atoms with Crippen molar-refractivity contribution in [3.8, 4) is 0 Å². The number of para-hydroxylation sites is 2. The first-order chi connectivity index (χ1) is 15.2. The average Bonchev–Trinajstić information content (AvgIpc) is 3.44. The van der Waals surface area contributed by atoms with Crippen LogP contribution in [0.1, 0.15) is 19.8 Å². The number of benzene rings is 2. The van der Waals surface area contributed by atoms with Gasteiger partial charge in [-0.1, -0.05) is 59.9 Å². The van der Waals surface area contributed by atoms with Crippen LogP contribution in [0.3, 0.4) is 0 Å². The Balaban J connectivity index is 1.33. The molecule has 1 fully saturated rings. The van der Waals surface area contributed by atoms with Crippen LogP contribution in [0.25, 0.3) is 0 Å². The molecule has 0 radical (unpaired) electrons. The maximum atomic E-state index is 12.9. The predicted octanol–water partition coefficient (Wildman–Crippen LogP) is 6.76. The zero-order valence-corrected chi connectivity index (χ0v) is 19.3. The minimum Gasteiger partial charge on any atom is -0.338 e. The quantitative estimate of drug-likeness (QED) is 0.487. The Bertz CT molecular complexity index is 1180. The van der Waals surface area contributed by atoms with Gasteiger partial charge in [0.1, 0.15) is 0 Å². The molecule has 2 aromatic carbocycles. The molecule has 156 valence electrons. The molecular weight excluding hydrogens is 420 g/mol. The average molecular weight is 445 g/mol. The molecule has 0 amide bonds. The first kappa shape index (κ1) is 20.3. The standard InChI is InChI=1S/C26H24N2OS2/c1-3-28-21-9-5-7-11-23(21)31-25(28)17-15-19-13-12-18(26(19)29)14-16-24-27(2)20-8-4-6-10-22(20)30-24/h4-11,14-17H,3,12-13H2,1-2H3/b18-14-,19-15-,24-16+,25-17-. The number of ketones is 1. The third-order valence-corrected chi connectivity index (χ3v) is 8.14. The molecule has 1 aliphatic carbocycles. The first-order valence-electron chi connectivity index (χ1n) is 10.6. The number of thioether (sulfide) groups is 2. The van der Waals surface area contributed by atoms with Crippen LogP contribution in [0.5, 0.6) is 0 Å². The van der Waals surface area contributed by atoms with Crippen molar-refractivity contribution in [2.45, 2.75) is 29.6 Å². The van der Waals surface area contributed by atoms with Gasteiger partial charge in [-0.15, -0.1) is 0 Å². The lowest BCUT2D eigenvalue weighted by atomic mass is 10.1. The van der Waals surface area contributed by atoms with Gasteiger partial charge in [0.2, 0.25) is 0 Å². The molecule has 0 saturated heterocycles. The van der Waals surface area contributed by atoms with Gasteiger partial charge < -0.3 is 9.80 Å². The fourth-order valence-electron chi connectivity index (χ4n) is 4.13. The second-order valence-corrected chi connectivity index (χ2v) is 9.79. The van der Waals surface area contributed by atoms with Gasteiger partial charge in [0.05, 0.1) is 21.4 Å². The van der Waals surface area contributed by atoms with E-state index in [2.05, 4.69) is 84.5 Å². The fourth-order valence-corrected chi connectivity index (χ4v) is 6.32. The maximum absolute atomic E-state index is 12.9. The Morgan fingerprint density at radius 2 is 1.35 bits per heavy atom. The van der Waals surface area contributed by atoms with Gasteiger partial charge in [0, 0.05) is 34.5 Å². The molecule has 5 rings (SSSR count). The van der Waals surface area contributed by atoms with Crippen LogP contribution < -0.4 is 9.80 Å². The highest BCUT2D eigenvalue weighted by molar-refractivity contribution is 8.04. The summed E-state index contributed by atoms with van der Waals surface area (Å²) >= 11 is 3.53. The van der Waals surface area contributed by atoms with E-state index < -0.39 is 0 Å². The van der Waals surface area contributed by atoms with Gasteiger partial charge in [0.25, 0.3) is 0 Å². The summed E-state index contributed by atoms with van der Waals surface area (Å²) in [6.07, 6.45) is 9.86. The van der Waals surface area contributed by atoms with Gasteiger partial charge >= 0.3 is 0 Å². The van der Waals surface area contributed by atoms with Crippen molar-refractivity contribution in [2.24, 2.45) is 0 Å². The molecule has 5 heteroatoms. The molecule has 2 aromatic rings. The molecule has 0 unspecified atom stereocenters. The molecule has 3 nitrogen and oxygen atoms in total. The van der Waals surface area contributed by atoms with Crippen LogP contribution in [0, 0.1) is 0 Å². The molecule has 3 aliphatic rings. The first-order valence-corrected chi connectivity index (χ1v) is 12.2. The minimum absolute atomic E-state index is 0.181. The highest BCUT2D eigenvalue weighted by Gasteiger charge is 2.25. The smallest absolute Gasteiger partial charge is 0.185 e. The molecule has 0 bridgehead atoms. The van der Waals surface area contributed by atoms with Crippen molar-refractivity contribution in [2.75, 3.05) is 23.4 Å². The highest BCUT2D eigenvalue weighted by atomic mass is 32.2. The minimum atomic E-state index is 0.181. The molecule has 0 atom stereocenters. The van der Waals surface area contributed by atoms with Crippen molar-refractivity contribution in [1.29, 1.82) is 0 Å². The third-order valence-electron chi connectivity index (χ3n) is 5.83. The van der Waals surface area contributed by atoms with Crippen molar-refractivity contribution in [3.63, 3.8) is 0 Å². The van der Waals surface area contributed by atoms with Crippen LogP contribution in [-0.4, -0.2) is 19.4 Å². The van der Waals surface area contributed by atoms with Crippen molar-refractivity contribution in [3.05, 3.63) is 94.0 Å². The van der Waals surface area contributed by atoms with Crippen molar-refractivity contribution >= 4 is 40.7 Å². The second-order valence-electron chi connectivity index (χ2n) is 7.67. The molecule has 2 aliphatic heterocycles. The molecule has 0 N–H and O–H groups in total. The molecule has 1 saturated carbocycles. The van der Waals surface area contributed by atoms with Gasteiger partial charge in [-0.3, -0.25) is 4.79 Å². The lowest BCUT2D eigenvalue weighted by Gasteiger charge is -2.17. The van der Waals surface area contributed by atoms with Crippen molar-refractivity contribution in [1.82, 2.24) is 0 Å². The number of anilines is 2. The second kappa shape index (κ2) is 8.48. The number of fused-ring (bicyclic) bond motifs is 2. The van der Waals surface area contributed by atoms with E-state index in [-0.39, 0.29) is 5.78 Å². The van der Waals surface area contributed by atoms with Crippen LogP contribution >= 0.6 is 23.5 Å². The number of carbonyl (C=O) groups is 1. The van der Waals surface area contributed by atoms with Crippen LogP contribution in [-0.2, 0) is 4.79 Å². The number of hydrogen-bond donors (Lipinski definition) is 0. The summed E-state index contributed by atoms with van der Waals surface area (Å²) in [6.45, 7) is 3.08. The summed E-state index contributed by atoms with van der Waals surface area (Å²) < 4.78 is 0. The van der Waals surface area contributed by atoms with E-state index in [0.717, 1.165) is 35.6 Å². The Labute approximate surface area is 192 Å². The Hall–Kier alpha value is -2.63. The number of carbonyl (C=O) groups excluding carboxylic acids is 1. The van der Waals surface area contributed by atoms with Gasteiger partial charge in [-0.25, -0.2) is 0 Å². The normalized spacial score (nSPS) is 23.0. The van der Waals surface area contributed by atoms with Crippen LogP contribution in [0.4, 0.5) is 11.4 Å². The zero-order chi connectivity index (χ0) is 21.4. The van der Waals surface area contributed by atoms with E-state index in [1.807, 2.05) is 12.2 Å². The van der Waals surface area contributed by atoms with E-state index >= 15 is 0 Å². The molecule has 0 spiro atoms. The lowest BCUT2D eigenvalue weighted by molar-refractivity contribution is -0.111. The van der Waals surface area contributed by atoms with Gasteiger partial charge in [-0.2, -0.15) is 0 Å². The van der Waals surface area contributed by atoms with Crippen LogP contribution in [0.15, 0.2) is 104 Å². The SMILES string of the molecule is CCN1/C(=C/C=C2/CC/C(=C/C=C3/Sc4ccccc4N3C)C2=O)Sc2ccccc21. The Morgan fingerprint density at radius 1 is 0.806 bits per heavy atom. The summed E-state index contributed by atoms with van der Waals surface area (Å²) in [4.78, 5) is 20.0. The summed E-state index contributed by atoms with van der Waals surface area (Å²) in [5.41, 5.74) is 4.28. The van der Waals surface area contributed by atoms with E-state index in [1.165, 1.54) is 26.2 Å². The highest BCUT2D eigenvalue weighted by Crippen LogP contribution is 2.46. The molecule has 31 heavy (non-hydrogen) atoms. The van der Waals surface area contributed by atoms with Crippen molar-refractivity contribution < 1.29 is 4.79 Å². The monoisotopic (exact) mass is 444 g/mol. The number of rotatable bonds is 3. The topological polar surface area (TPSA) is 23.6 Å². The van der Waals surface area contributed by atoms with E-state index in [1.54, 1.807) is 23.5 Å². The van der Waals surface area contributed by atoms with Gasteiger partial charge in [0.15, 0.2) is 5.78 Å². The summed E-state index contributed by atoms with van der Waals surface area (Å²) in [7, 11) is 2.08. The maximum Gasteiger partial charge on any atom is 0.185 e. The number of Topliss-reactive ketones (excluding diaryl/α,β-unsaturated/α-hetero) is 1. The number of nitrogens with zero attached hydrogens (tertiary/aromatic N) is 2. The van der Waals surface area contributed by atoms with Crippen LogP contribution in [0.2, 0.25) is 0 Å². The molecule has 2 heterocycles. The van der Waals surface area contributed by atoms with E-state index in [9.17, 15) is 4.79 Å². The summed E-state index contributed by atoms with van der Waals surface area (Å²) in [5, 5.41) is 2.34. The summed E-state index contributed by atoms with van der Waals surface area (Å²) in [5.74, 6) is 0.181. The van der Waals surface area contributed by atoms with E-state index in [0.29, 0.717) is 0 Å². The Kier molecular flexibility index (Phi) is 5.55. The number of allylic oxidation sites excluding steroid dienone is 6. The molecular formula is C26H24N2OS2. The Morgan fingerprint density at radius 3 is 2.00 bits per heavy atom. The molecule has 0 aromatic heterocycles. The number of hydrogen-bond acceptors (Lipinski definition) is 5.